The molecule has 96 valence electrons. The van der Waals surface area contributed by atoms with E-state index in [0.29, 0.717) is 0 Å². The van der Waals surface area contributed by atoms with Gasteiger partial charge in [-0.2, -0.15) is 0 Å². The molecule has 0 radical (unpaired) electrons. The molecule has 0 spiro atoms. The summed E-state index contributed by atoms with van der Waals surface area (Å²) in [6, 6.07) is 0. The van der Waals surface area contributed by atoms with Crippen LogP contribution in [0.5, 0.6) is 0 Å². The van der Waals surface area contributed by atoms with Gasteiger partial charge in [0.25, 0.3) is 0 Å². The zero-order valence-corrected chi connectivity index (χ0v) is 11.4. The molecule has 1 fully saturated rings. The molecule has 2 heteroatoms. The van der Waals surface area contributed by atoms with Crippen LogP contribution in [0.3, 0.4) is 0 Å². The van der Waals surface area contributed by atoms with Crippen molar-refractivity contribution in [3.05, 3.63) is 0 Å². The highest BCUT2D eigenvalue weighted by Crippen LogP contribution is 2.07. The molecule has 1 heterocycles. The minimum Gasteiger partial charge on any atom is -0.301 e. The van der Waals surface area contributed by atoms with E-state index in [0.717, 1.165) is 0 Å². The van der Waals surface area contributed by atoms with E-state index >= 15 is 0 Å². The van der Waals surface area contributed by atoms with E-state index in [-0.39, 0.29) is 0 Å². The van der Waals surface area contributed by atoms with Crippen molar-refractivity contribution in [2.24, 2.45) is 0 Å². The molecule has 0 aromatic carbocycles. The lowest BCUT2D eigenvalue weighted by Crippen LogP contribution is -2.46. The van der Waals surface area contributed by atoms with E-state index in [4.69, 9.17) is 0 Å². The van der Waals surface area contributed by atoms with Crippen molar-refractivity contribution in [1.82, 2.24) is 9.80 Å². The lowest BCUT2D eigenvalue weighted by Gasteiger charge is -2.34. The molecule has 1 aliphatic heterocycles. The zero-order valence-electron chi connectivity index (χ0n) is 11.4. The Kier molecular flexibility index (Phi) is 7.87. The Balaban J connectivity index is 1.95. The van der Waals surface area contributed by atoms with Crippen molar-refractivity contribution < 1.29 is 0 Å². The second-order valence-electron chi connectivity index (χ2n) is 5.10. The summed E-state index contributed by atoms with van der Waals surface area (Å²) in [5.41, 5.74) is 0. The van der Waals surface area contributed by atoms with Gasteiger partial charge in [-0.3, -0.25) is 0 Å². The number of unbranched alkanes of at least 4 members (excludes halogenated alkanes) is 4. The van der Waals surface area contributed by atoms with Gasteiger partial charge in [0.15, 0.2) is 0 Å². The Bertz CT molecular complexity index is 151. The summed E-state index contributed by atoms with van der Waals surface area (Å²) >= 11 is 0. The van der Waals surface area contributed by atoms with E-state index in [1.807, 2.05) is 0 Å². The van der Waals surface area contributed by atoms with Gasteiger partial charge in [-0.15, -0.1) is 0 Å². The second-order valence-corrected chi connectivity index (χ2v) is 5.10. The van der Waals surface area contributed by atoms with E-state index in [1.54, 1.807) is 0 Å². The smallest absolute Gasteiger partial charge is 0.0110 e. The molecule has 0 unspecified atom stereocenters. The monoisotopic (exact) mass is 226 g/mol. The number of piperazine rings is 1. The highest BCUT2D eigenvalue weighted by atomic mass is 15.3. The maximum atomic E-state index is 2.65. The number of hydrogen-bond acceptors (Lipinski definition) is 2. The van der Waals surface area contributed by atoms with Gasteiger partial charge in [-0.25, -0.2) is 0 Å². The minimum atomic E-state index is 1.29. The van der Waals surface area contributed by atoms with Gasteiger partial charge >= 0.3 is 0 Å². The van der Waals surface area contributed by atoms with Crippen LogP contribution in [0, 0.1) is 0 Å². The molecular formula is C14H30N2. The Morgan fingerprint density at radius 2 is 1.19 bits per heavy atom. The van der Waals surface area contributed by atoms with Crippen molar-refractivity contribution in [2.75, 3.05) is 39.3 Å². The topological polar surface area (TPSA) is 6.48 Å². The second kappa shape index (κ2) is 9.00. The average Bonchev–Trinajstić information content (AvgIpc) is 2.31. The fourth-order valence-electron chi connectivity index (χ4n) is 2.49. The summed E-state index contributed by atoms with van der Waals surface area (Å²) < 4.78 is 0. The quantitative estimate of drug-likeness (QED) is 0.587. The van der Waals surface area contributed by atoms with Crippen LogP contribution in [0.25, 0.3) is 0 Å². The first kappa shape index (κ1) is 14.0. The molecule has 2 nitrogen and oxygen atoms in total. The third-order valence-electron chi connectivity index (χ3n) is 3.58. The molecular weight excluding hydrogens is 196 g/mol. The Morgan fingerprint density at radius 3 is 1.75 bits per heavy atom. The van der Waals surface area contributed by atoms with Crippen molar-refractivity contribution >= 4 is 0 Å². The molecule has 0 atom stereocenters. The summed E-state index contributed by atoms with van der Waals surface area (Å²) in [5, 5.41) is 0. The fraction of sp³-hybridized carbons (Fsp3) is 1.00. The van der Waals surface area contributed by atoms with Gasteiger partial charge < -0.3 is 9.80 Å². The van der Waals surface area contributed by atoms with Crippen LogP contribution in [-0.4, -0.2) is 49.1 Å². The lowest BCUT2D eigenvalue weighted by atomic mass is 10.1. The van der Waals surface area contributed by atoms with Gasteiger partial charge in [0, 0.05) is 26.2 Å². The first-order chi connectivity index (χ1) is 7.86. The standard InChI is InChI=1S/C14H30N2/c1-3-5-6-7-8-10-16-13-11-15(9-4-2)12-14-16/h3-14H2,1-2H3. The average molecular weight is 226 g/mol. The van der Waals surface area contributed by atoms with Gasteiger partial charge in [-0.05, 0) is 25.9 Å². The maximum absolute atomic E-state index is 2.65. The molecule has 0 saturated carbocycles. The predicted octanol–water partition coefficient (Wildman–Crippen LogP) is 2.98. The minimum absolute atomic E-state index is 1.29. The number of rotatable bonds is 8. The van der Waals surface area contributed by atoms with E-state index in [9.17, 15) is 0 Å². The third-order valence-corrected chi connectivity index (χ3v) is 3.58. The van der Waals surface area contributed by atoms with Crippen molar-refractivity contribution in [1.29, 1.82) is 0 Å². The Labute approximate surface area is 102 Å². The molecule has 0 aromatic rings. The normalized spacial score (nSPS) is 19.1. The van der Waals surface area contributed by atoms with Gasteiger partial charge in [0.2, 0.25) is 0 Å². The van der Waals surface area contributed by atoms with E-state index in [2.05, 4.69) is 23.6 Å². The largest absolute Gasteiger partial charge is 0.301 e. The molecule has 0 N–H and O–H groups in total. The van der Waals surface area contributed by atoms with Crippen LogP contribution < -0.4 is 0 Å². The van der Waals surface area contributed by atoms with E-state index < -0.39 is 0 Å². The highest BCUT2D eigenvalue weighted by molar-refractivity contribution is 4.71. The zero-order chi connectivity index (χ0) is 11.6. The Morgan fingerprint density at radius 1 is 0.625 bits per heavy atom. The summed E-state index contributed by atoms with van der Waals surface area (Å²) in [7, 11) is 0. The van der Waals surface area contributed by atoms with Crippen molar-refractivity contribution in [2.45, 2.75) is 52.4 Å². The van der Waals surface area contributed by atoms with E-state index in [1.165, 1.54) is 77.8 Å². The van der Waals surface area contributed by atoms with Crippen LogP contribution in [0.2, 0.25) is 0 Å². The van der Waals surface area contributed by atoms with Gasteiger partial charge in [0.1, 0.15) is 0 Å². The first-order valence-electron chi connectivity index (χ1n) is 7.31. The van der Waals surface area contributed by atoms with Crippen LogP contribution in [0.4, 0.5) is 0 Å². The highest BCUT2D eigenvalue weighted by Gasteiger charge is 2.14. The maximum Gasteiger partial charge on any atom is 0.0110 e. The molecule has 16 heavy (non-hydrogen) atoms. The predicted molar refractivity (Wildman–Crippen MR) is 71.9 cm³/mol. The molecule has 1 aliphatic rings. The van der Waals surface area contributed by atoms with Crippen LogP contribution in [-0.2, 0) is 0 Å². The molecule has 0 amide bonds. The van der Waals surface area contributed by atoms with Crippen LogP contribution in [0.15, 0.2) is 0 Å². The summed E-state index contributed by atoms with van der Waals surface area (Å²) in [4.78, 5) is 5.26. The third kappa shape index (κ3) is 5.86. The van der Waals surface area contributed by atoms with Crippen molar-refractivity contribution in [3.63, 3.8) is 0 Å². The van der Waals surface area contributed by atoms with Gasteiger partial charge in [0.05, 0.1) is 0 Å². The summed E-state index contributed by atoms with van der Waals surface area (Å²) in [5.74, 6) is 0. The molecule has 1 rings (SSSR count). The van der Waals surface area contributed by atoms with Crippen molar-refractivity contribution in [3.8, 4) is 0 Å². The SMILES string of the molecule is CCCCCCCN1CCN(CCC)CC1. The number of hydrogen-bond donors (Lipinski definition) is 0. The fourth-order valence-corrected chi connectivity index (χ4v) is 2.49. The summed E-state index contributed by atoms with van der Waals surface area (Å²) in [6.07, 6.45) is 8.36. The van der Waals surface area contributed by atoms with Crippen LogP contribution in [0.1, 0.15) is 52.4 Å². The summed E-state index contributed by atoms with van der Waals surface area (Å²) in [6.45, 7) is 12.4. The van der Waals surface area contributed by atoms with Gasteiger partial charge in [-0.1, -0.05) is 39.5 Å². The molecule has 0 aliphatic carbocycles. The number of nitrogens with zero attached hydrogens (tertiary/aromatic N) is 2. The van der Waals surface area contributed by atoms with Crippen LogP contribution >= 0.6 is 0 Å². The first-order valence-corrected chi connectivity index (χ1v) is 7.31. The molecule has 0 bridgehead atoms. The Hall–Kier alpha value is -0.0800. The molecule has 0 aromatic heterocycles. The molecule has 1 saturated heterocycles. The lowest BCUT2D eigenvalue weighted by molar-refractivity contribution is 0.131.